The van der Waals surface area contributed by atoms with Crippen molar-refractivity contribution in [2.75, 3.05) is 13.2 Å². The Balaban J connectivity index is 1.16. The quantitative estimate of drug-likeness (QED) is 0.0362. The highest BCUT2D eigenvalue weighted by molar-refractivity contribution is 7.78. The normalized spacial score (nSPS) is 11.4. The summed E-state index contributed by atoms with van der Waals surface area (Å²) in [6.45, 7) is 0.0917. The maximum absolute atomic E-state index is 14.8. The summed E-state index contributed by atoms with van der Waals surface area (Å²) in [5.41, 5.74) is -3.64. The van der Waals surface area contributed by atoms with Crippen LogP contribution in [0.1, 0.15) is 64.2 Å². The van der Waals surface area contributed by atoms with E-state index in [1.165, 1.54) is 0 Å². The number of halogens is 11. The SMILES string of the molecule is FC(F)=C(F)C(CCCCCCOc1cc(F)c(-c2cc(F)c(N=C=S)c(F)c2)c(F)c1)CCCCCCOc1cc(F)c(-c2cc(F)c(N=C=S)c(F)c2)c(F)c1. The van der Waals surface area contributed by atoms with Crippen molar-refractivity contribution in [3.8, 4) is 33.8 Å². The van der Waals surface area contributed by atoms with Gasteiger partial charge in [-0.05, 0) is 85.5 Å². The van der Waals surface area contributed by atoms with Crippen LogP contribution >= 0.6 is 24.4 Å². The topological polar surface area (TPSA) is 43.2 Å². The van der Waals surface area contributed by atoms with E-state index < -0.39 is 98.0 Å². The van der Waals surface area contributed by atoms with Crippen molar-refractivity contribution in [2.24, 2.45) is 15.9 Å². The van der Waals surface area contributed by atoms with Crippen molar-refractivity contribution < 1.29 is 57.8 Å². The molecule has 0 aromatic heterocycles. The van der Waals surface area contributed by atoms with Gasteiger partial charge in [0.15, 0.2) is 29.1 Å². The highest BCUT2D eigenvalue weighted by Crippen LogP contribution is 2.36. The van der Waals surface area contributed by atoms with Gasteiger partial charge in [0.25, 0.3) is 0 Å². The second-order valence-corrected chi connectivity index (χ2v) is 13.3. The first-order valence-electron chi connectivity index (χ1n) is 17.8. The van der Waals surface area contributed by atoms with Crippen LogP contribution in [0.15, 0.2) is 70.4 Å². The highest BCUT2D eigenvalue weighted by Gasteiger charge is 2.22. The molecule has 308 valence electrons. The van der Waals surface area contributed by atoms with Crippen molar-refractivity contribution in [3.63, 3.8) is 0 Å². The Kier molecular flexibility index (Phi) is 17.6. The van der Waals surface area contributed by atoms with E-state index in [1.807, 2.05) is 10.3 Å². The largest absolute Gasteiger partial charge is 0.493 e. The zero-order valence-electron chi connectivity index (χ0n) is 30.4. The van der Waals surface area contributed by atoms with E-state index in [-0.39, 0.29) is 37.6 Å². The highest BCUT2D eigenvalue weighted by atomic mass is 32.1. The molecule has 0 aliphatic carbocycles. The summed E-state index contributed by atoms with van der Waals surface area (Å²) in [5, 5.41) is 3.64. The van der Waals surface area contributed by atoms with Crippen LogP contribution in [0.25, 0.3) is 22.3 Å². The fraction of sp³-hybridized carbons (Fsp3) is 0.317. The maximum atomic E-state index is 14.8. The zero-order valence-corrected chi connectivity index (χ0v) is 32.0. The molecule has 0 bridgehead atoms. The van der Waals surface area contributed by atoms with Gasteiger partial charge in [0, 0.05) is 30.2 Å². The Morgan fingerprint density at radius 1 is 0.483 bits per heavy atom. The molecule has 4 aromatic rings. The minimum Gasteiger partial charge on any atom is -0.493 e. The fourth-order valence-corrected chi connectivity index (χ4v) is 6.35. The second-order valence-electron chi connectivity index (χ2n) is 12.9. The van der Waals surface area contributed by atoms with Crippen LogP contribution in [0.4, 0.5) is 59.7 Å². The van der Waals surface area contributed by atoms with Crippen LogP contribution in [-0.4, -0.2) is 23.5 Å². The lowest BCUT2D eigenvalue weighted by molar-refractivity contribution is 0.292. The van der Waals surface area contributed by atoms with Crippen molar-refractivity contribution in [1.82, 2.24) is 0 Å². The van der Waals surface area contributed by atoms with Gasteiger partial charge < -0.3 is 9.47 Å². The number of isothiocyanates is 2. The van der Waals surface area contributed by atoms with E-state index in [4.69, 9.17) is 9.47 Å². The molecule has 0 aliphatic rings. The minimum atomic E-state index is -2.39. The molecular weight excluding hydrogens is 826 g/mol. The third-order valence-electron chi connectivity index (χ3n) is 8.93. The number of benzene rings is 4. The van der Waals surface area contributed by atoms with Gasteiger partial charge in [0.05, 0.1) is 34.7 Å². The van der Waals surface area contributed by atoms with Gasteiger partial charge in [-0.15, -0.1) is 0 Å². The van der Waals surface area contributed by atoms with Gasteiger partial charge >= 0.3 is 6.08 Å². The number of allylic oxidation sites excluding steroid dienone is 1. The molecule has 0 N–H and O–H groups in total. The summed E-state index contributed by atoms with van der Waals surface area (Å²) in [7, 11) is 0. The molecule has 0 heterocycles. The monoisotopic (exact) mass is 858 g/mol. The Morgan fingerprint density at radius 2 is 0.810 bits per heavy atom. The smallest absolute Gasteiger partial charge is 0.301 e. The van der Waals surface area contributed by atoms with E-state index in [1.54, 1.807) is 0 Å². The Bertz CT molecular complexity index is 1990. The van der Waals surface area contributed by atoms with Gasteiger partial charge in [-0.2, -0.15) is 18.8 Å². The first-order chi connectivity index (χ1) is 27.7. The standard InChI is InChI=1S/C41H33F11N2O2S2/c42-28-17-26(18-29(43)36(28)24-13-32(46)39(53-21-57)33(47)14-24)55-11-7-3-1-5-9-23(38(50)41(51)52)10-6-2-4-8-12-56-27-19-30(44)37(31(45)20-27)25-15-34(48)40(54-22-58)35(49)16-25/h13-20,23H,1-12H2. The lowest BCUT2D eigenvalue weighted by Crippen LogP contribution is -2.04. The molecule has 0 radical (unpaired) electrons. The lowest BCUT2D eigenvalue weighted by Gasteiger charge is -2.15. The third kappa shape index (κ3) is 12.5. The van der Waals surface area contributed by atoms with Crippen LogP contribution in [-0.2, 0) is 0 Å². The molecular formula is C41H33F11N2O2S2. The van der Waals surface area contributed by atoms with E-state index in [0.29, 0.717) is 75.6 Å². The van der Waals surface area contributed by atoms with E-state index in [0.717, 1.165) is 24.3 Å². The van der Waals surface area contributed by atoms with E-state index in [2.05, 4.69) is 34.4 Å². The summed E-state index contributed by atoms with van der Waals surface area (Å²) >= 11 is 8.67. The molecule has 0 amide bonds. The molecule has 17 heteroatoms. The molecule has 0 unspecified atom stereocenters. The van der Waals surface area contributed by atoms with E-state index in [9.17, 15) is 48.3 Å². The second kappa shape index (κ2) is 22.3. The number of nitrogens with zero attached hydrogens (tertiary/aromatic N) is 2. The minimum absolute atomic E-state index is 0.0458. The molecule has 4 rings (SSSR count). The van der Waals surface area contributed by atoms with Gasteiger partial charge in [-0.25, -0.2) is 39.5 Å². The van der Waals surface area contributed by atoms with Crippen LogP contribution in [0, 0.1) is 52.5 Å². The van der Waals surface area contributed by atoms with Crippen molar-refractivity contribution in [1.29, 1.82) is 0 Å². The maximum Gasteiger partial charge on any atom is 0.301 e. The summed E-state index contributed by atoms with van der Waals surface area (Å²) in [6, 6.07) is 6.32. The Labute approximate surface area is 337 Å². The van der Waals surface area contributed by atoms with Crippen molar-refractivity contribution in [2.45, 2.75) is 64.2 Å². The molecule has 0 atom stereocenters. The number of ether oxygens (including phenoxy) is 2. The number of unbranched alkanes of at least 4 members (excludes halogenated alkanes) is 6. The molecule has 4 aromatic carbocycles. The van der Waals surface area contributed by atoms with Crippen LogP contribution < -0.4 is 9.47 Å². The van der Waals surface area contributed by atoms with Gasteiger partial charge in [-0.1, -0.05) is 38.5 Å². The Morgan fingerprint density at radius 3 is 1.12 bits per heavy atom. The first-order valence-corrected chi connectivity index (χ1v) is 18.7. The summed E-state index contributed by atoms with van der Waals surface area (Å²) in [4.78, 5) is 6.51. The summed E-state index contributed by atoms with van der Waals surface area (Å²) in [6.07, 6.45) is 1.76. The van der Waals surface area contributed by atoms with Crippen molar-refractivity contribution in [3.05, 3.63) is 107 Å². The molecule has 0 fully saturated rings. The van der Waals surface area contributed by atoms with Crippen LogP contribution in [0.2, 0.25) is 0 Å². The number of hydrogen-bond donors (Lipinski definition) is 0. The number of aliphatic imine (C=N–C) groups is 2. The molecule has 0 saturated carbocycles. The number of hydrogen-bond acceptors (Lipinski definition) is 6. The molecule has 0 spiro atoms. The molecule has 0 aliphatic heterocycles. The molecule has 0 saturated heterocycles. The van der Waals surface area contributed by atoms with Crippen LogP contribution in [0.3, 0.4) is 0 Å². The number of rotatable bonds is 21. The third-order valence-corrected chi connectivity index (χ3v) is 9.11. The van der Waals surface area contributed by atoms with Crippen molar-refractivity contribution >= 4 is 46.1 Å². The predicted octanol–water partition coefficient (Wildman–Crippen LogP) is 14.7. The average molecular weight is 859 g/mol. The first kappa shape index (κ1) is 45.7. The average Bonchev–Trinajstić information content (AvgIpc) is 3.15. The summed E-state index contributed by atoms with van der Waals surface area (Å²) < 4.78 is 167. The molecule has 58 heavy (non-hydrogen) atoms. The van der Waals surface area contributed by atoms with Gasteiger partial charge in [0.1, 0.15) is 46.1 Å². The fourth-order valence-electron chi connectivity index (χ4n) is 6.17. The molecule has 4 nitrogen and oxygen atoms in total. The predicted molar refractivity (Wildman–Crippen MR) is 204 cm³/mol. The van der Waals surface area contributed by atoms with Gasteiger partial charge in [-0.3, -0.25) is 0 Å². The summed E-state index contributed by atoms with van der Waals surface area (Å²) in [5.74, 6) is -12.0. The van der Waals surface area contributed by atoms with E-state index >= 15 is 0 Å². The Hall–Kier alpha value is -4.95. The van der Waals surface area contributed by atoms with Gasteiger partial charge in [0.2, 0.25) is 0 Å². The zero-order chi connectivity index (χ0) is 42.4. The lowest BCUT2D eigenvalue weighted by atomic mass is 9.93. The van der Waals surface area contributed by atoms with Crippen LogP contribution in [0.5, 0.6) is 11.5 Å². The number of thiocarbonyl (C=S) groups is 2.